The summed E-state index contributed by atoms with van der Waals surface area (Å²) in [6.45, 7) is -0.369. The van der Waals surface area contributed by atoms with Crippen LogP contribution >= 0.6 is 11.8 Å². The molecule has 4 rings (SSSR count). The Bertz CT molecular complexity index is 1120. The summed E-state index contributed by atoms with van der Waals surface area (Å²) in [5, 5.41) is 12.9. The number of carbonyl (C=O) groups is 3. The maximum atomic E-state index is 12.5. The van der Waals surface area contributed by atoms with Crippen LogP contribution in [0.3, 0.4) is 0 Å². The lowest BCUT2D eigenvalue weighted by molar-refractivity contribution is -0.384. The van der Waals surface area contributed by atoms with Crippen LogP contribution in [0.25, 0.3) is 6.08 Å². The molecule has 2 aromatic carbocycles. The van der Waals surface area contributed by atoms with Crippen molar-refractivity contribution < 1.29 is 28.8 Å². The standard InChI is InChI=1S/C19H13N3O7S/c23-17(20-12-4-5-14-15(8-12)29-10-28-14)9-21-18(24)16(30-19(21)25)7-11-2-1-3-13(6-11)22(26)27/h1-8H,9-10H2,(H,20,23)/b16-7+. The number of rotatable bonds is 5. The molecule has 2 aliphatic heterocycles. The summed E-state index contributed by atoms with van der Waals surface area (Å²) in [5.74, 6) is -0.158. The van der Waals surface area contributed by atoms with E-state index in [1.165, 1.54) is 24.3 Å². The summed E-state index contributed by atoms with van der Waals surface area (Å²) in [5.41, 5.74) is 0.703. The first-order chi connectivity index (χ1) is 14.4. The van der Waals surface area contributed by atoms with E-state index in [9.17, 15) is 24.5 Å². The van der Waals surface area contributed by atoms with E-state index in [0.29, 0.717) is 34.5 Å². The zero-order valence-electron chi connectivity index (χ0n) is 15.2. The second-order valence-electron chi connectivity index (χ2n) is 6.24. The third kappa shape index (κ3) is 3.96. The lowest BCUT2D eigenvalue weighted by atomic mass is 10.2. The molecule has 0 aliphatic carbocycles. The number of anilines is 1. The van der Waals surface area contributed by atoms with Crippen molar-refractivity contribution in [3.8, 4) is 11.5 Å². The first-order valence-electron chi connectivity index (χ1n) is 8.60. The topological polar surface area (TPSA) is 128 Å². The molecule has 0 spiro atoms. The van der Waals surface area contributed by atoms with E-state index >= 15 is 0 Å². The molecule has 30 heavy (non-hydrogen) atoms. The Morgan fingerprint density at radius 2 is 2.00 bits per heavy atom. The average Bonchev–Trinajstić information content (AvgIpc) is 3.28. The first-order valence-corrected chi connectivity index (χ1v) is 9.42. The molecule has 2 aromatic rings. The number of nitro groups is 1. The van der Waals surface area contributed by atoms with Crippen LogP contribution in [0.1, 0.15) is 5.56 Å². The Balaban J connectivity index is 1.44. The number of nitrogens with zero attached hydrogens (tertiary/aromatic N) is 2. The maximum absolute atomic E-state index is 12.5. The van der Waals surface area contributed by atoms with Gasteiger partial charge < -0.3 is 14.8 Å². The van der Waals surface area contributed by atoms with Crippen molar-refractivity contribution in [3.63, 3.8) is 0 Å². The molecular formula is C19H13N3O7S. The summed E-state index contributed by atoms with van der Waals surface area (Å²) >= 11 is 0.668. The quantitative estimate of drug-likeness (QED) is 0.438. The minimum absolute atomic E-state index is 0.0800. The number of amides is 3. The highest BCUT2D eigenvalue weighted by molar-refractivity contribution is 8.18. The molecule has 10 nitrogen and oxygen atoms in total. The summed E-state index contributed by atoms with van der Waals surface area (Å²) < 4.78 is 10.4. The van der Waals surface area contributed by atoms with Gasteiger partial charge in [-0.25, -0.2) is 0 Å². The molecule has 0 bridgehead atoms. The van der Waals surface area contributed by atoms with Gasteiger partial charge in [-0.1, -0.05) is 12.1 Å². The van der Waals surface area contributed by atoms with Gasteiger partial charge >= 0.3 is 0 Å². The van der Waals surface area contributed by atoms with Gasteiger partial charge in [0.2, 0.25) is 12.7 Å². The average molecular weight is 427 g/mol. The Morgan fingerprint density at radius 3 is 2.80 bits per heavy atom. The van der Waals surface area contributed by atoms with Crippen molar-refractivity contribution in [2.75, 3.05) is 18.7 Å². The fourth-order valence-electron chi connectivity index (χ4n) is 2.83. The van der Waals surface area contributed by atoms with Crippen LogP contribution in [-0.2, 0) is 9.59 Å². The largest absolute Gasteiger partial charge is 0.454 e. The lowest BCUT2D eigenvalue weighted by Crippen LogP contribution is -2.36. The van der Waals surface area contributed by atoms with E-state index < -0.39 is 28.5 Å². The number of nitrogens with one attached hydrogen (secondary N) is 1. The van der Waals surface area contributed by atoms with Crippen LogP contribution in [0, 0.1) is 10.1 Å². The molecule has 0 unspecified atom stereocenters. The van der Waals surface area contributed by atoms with Crippen molar-refractivity contribution in [3.05, 3.63) is 63.0 Å². The maximum Gasteiger partial charge on any atom is 0.294 e. The Hall–Kier alpha value is -3.86. The van der Waals surface area contributed by atoms with Crippen molar-refractivity contribution in [1.82, 2.24) is 4.90 Å². The Kier molecular flexibility index (Phi) is 5.11. The highest BCUT2D eigenvalue weighted by Crippen LogP contribution is 2.35. The van der Waals surface area contributed by atoms with Gasteiger partial charge in [0.1, 0.15) is 6.54 Å². The van der Waals surface area contributed by atoms with Gasteiger partial charge in [-0.3, -0.25) is 29.4 Å². The molecule has 0 saturated carbocycles. The molecule has 0 radical (unpaired) electrons. The van der Waals surface area contributed by atoms with E-state index in [1.54, 1.807) is 24.3 Å². The van der Waals surface area contributed by atoms with E-state index in [-0.39, 0.29) is 17.4 Å². The fraction of sp³-hybridized carbons (Fsp3) is 0.105. The van der Waals surface area contributed by atoms with Gasteiger partial charge in [-0.2, -0.15) is 0 Å². The van der Waals surface area contributed by atoms with Crippen LogP contribution in [0.4, 0.5) is 16.2 Å². The Morgan fingerprint density at radius 1 is 1.20 bits per heavy atom. The third-order valence-corrected chi connectivity index (χ3v) is 5.12. The summed E-state index contributed by atoms with van der Waals surface area (Å²) in [7, 11) is 0. The highest BCUT2D eigenvalue weighted by Gasteiger charge is 2.36. The molecule has 152 valence electrons. The fourth-order valence-corrected chi connectivity index (χ4v) is 3.67. The van der Waals surface area contributed by atoms with Crippen LogP contribution in [0.2, 0.25) is 0 Å². The third-order valence-electron chi connectivity index (χ3n) is 4.21. The number of non-ortho nitro benzene ring substituents is 1. The van der Waals surface area contributed by atoms with Crippen molar-refractivity contribution in [2.24, 2.45) is 0 Å². The normalized spacial score (nSPS) is 16.3. The van der Waals surface area contributed by atoms with Crippen molar-refractivity contribution in [1.29, 1.82) is 0 Å². The number of benzene rings is 2. The summed E-state index contributed by atoms with van der Waals surface area (Å²) in [6.07, 6.45) is 1.38. The van der Waals surface area contributed by atoms with E-state index in [2.05, 4.69) is 5.32 Å². The number of fused-ring (bicyclic) bond motifs is 1. The van der Waals surface area contributed by atoms with Crippen molar-refractivity contribution >= 4 is 46.3 Å². The number of imide groups is 1. The Labute approximate surface area is 173 Å². The zero-order valence-corrected chi connectivity index (χ0v) is 16.0. The molecule has 1 saturated heterocycles. The predicted octanol–water partition coefficient (Wildman–Crippen LogP) is 3.00. The smallest absolute Gasteiger partial charge is 0.294 e. The van der Waals surface area contributed by atoms with Crippen LogP contribution in [-0.4, -0.2) is 40.2 Å². The number of nitro benzene ring substituents is 1. The molecule has 0 aromatic heterocycles. The van der Waals surface area contributed by atoms with Gasteiger partial charge in [0, 0.05) is 23.9 Å². The van der Waals surface area contributed by atoms with E-state index in [4.69, 9.17) is 9.47 Å². The van der Waals surface area contributed by atoms with E-state index in [1.807, 2.05) is 0 Å². The zero-order chi connectivity index (χ0) is 21.3. The second-order valence-corrected chi connectivity index (χ2v) is 7.23. The van der Waals surface area contributed by atoms with Crippen molar-refractivity contribution in [2.45, 2.75) is 0 Å². The lowest BCUT2D eigenvalue weighted by Gasteiger charge is -2.12. The van der Waals surface area contributed by atoms with Crippen LogP contribution in [0.15, 0.2) is 47.4 Å². The minimum Gasteiger partial charge on any atom is -0.454 e. The number of hydrogen-bond donors (Lipinski definition) is 1. The van der Waals surface area contributed by atoms with Crippen LogP contribution in [0.5, 0.6) is 11.5 Å². The predicted molar refractivity (Wildman–Crippen MR) is 107 cm³/mol. The SMILES string of the molecule is O=C(CN1C(=O)S/C(=C/c2cccc([N+](=O)[O-])c2)C1=O)Nc1ccc2c(c1)OCO2. The molecule has 0 atom stereocenters. The van der Waals surface area contributed by atoms with E-state index in [0.717, 1.165) is 4.90 Å². The van der Waals surface area contributed by atoms with Gasteiger partial charge in [0.15, 0.2) is 11.5 Å². The molecule has 1 N–H and O–H groups in total. The monoisotopic (exact) mass is 427 g/mol. The van der Waals surface area contributed by atoms with Gasteiger partial charge in [-0.05, 0) is 35.5 Å². The minimum atomic E-state index is -0.641. The van der Waals surface area contributed by atoms with Crippen LogP contribution < -0.4 is 14.8 Å². The summed E-state index contributed by atoms with van der Waals surface area (Å²) in [4.78, 5) is 48.3. The highest BCUT2D eigenvalue weighted by atomic mass is 32.2. The number of ether oxygens (including phenoxy) is 2. The molecular weight excluding hydrogens is 414 g/mol. The number of thioether (sulfide) groups is 1. The molecule has 3 amide bonds. The molecule has 2 heterocycles. The van der Waals surface area contributed by atoms with Gasteiger partial charge in [0.05, 0.1) is 9.83 Å². The number of hydrogen-bond acceptors (Lipinski definition) is 8. The number of carbonyl (C=O) groups excluding carboxylic acids is 3. The second kappa shape index (κ2) is 7.87. The molecule has 1 fully saturated rings. The molecule has 11 heteroatoms. The first kappa shape index (κ1) is 19.5. The summed E-state index contributed by atoms with van der Waals surface area (Å²) in [6, 6.07) is 10.5. The molecule has 2 aliphatic rings. The van der Waals surface area contributed by atoms with Gasteiger partial charge in [0.25, 0.3) is 16.8 Å². The van der Waals surface area contributed by atoms with Gasteiger partial charge in [-0.15, -0.1) is 0 Å².